The number of nitrogens with zero attached hydrogens (tertiary/aromatic N) is 6. The first-order valence-electron chi connectivity index (χ1n) is 11.0. The number of aromatic nitrogens is 4. The van der Waals surface area contributed by atoms with Gasteiger partial charge in [0.1, 0.15) is 11.4 Å². The molecule has 3 aromatic rings. The highest BCUT2D eigenvalue weighted by Gasteiger charge is 2.27. The topological polar surface area (TPSA) is 99.4 Å². The highest BCUT2D eigenvalue weighted by Crippen LogP contribution is 2.33. The molecule has 0 spiro atoms. The summed E-state index contributed by atoms with van der Waals surface area (Å²) in [5.41, 5.74) is 5.46. The molecular weight excluding hydrogens is 406 g/mol. The van der Waals surface area contributed by atoms with Gasteiger partial charge in [0.25, 0.3) is 0 Å². The van der Waals surface area contributed by atoms with Crippen LogP contribution in [-0.2, 0) is 19.9 Å². The molecule has 0 radical (unpaired) electrons. The second kappa shape index (κ2) is 8.23. The number of fused-ring (bicyclic) bond motifs is 3. The minimum atomic E-state index is -0.961. The third kappa shape index (κ3) is 3.80. The lowest BCUT2D eigenvalue weighted by Gasteiger charge is -2.34. The Bertz CT molecular complexity index is 1150. The predicted octanol–water partition coefficient (Wildman–Crippen LogP) is 2.56. The van der Waals surface area contributed by atoms with Gasteiger partial charge in [-0.05, 0) is 56.1 Å². The van der Waals surface area contributed by atoms with Crippen LogP contribution in [0.4, 0.5) is 17.3 Å². The van der Waals surface area contributed by atoms with E-state index in [0.717, 1.165) is 55.8 Å². The van der Waals surface area contributed by atoms with Gasteiger partial charge in [-0.1, -0.05) is 0 Å². The van der Waals surface area contributed by atoms with Gasteiger partial charge >= 0.3 is 5.97 Å². The van der Waals surface area contributed by atoms with E-state index in [9.17, 15) is 9.90 Å². The Kier molecular flexibility index (Phi) is 5.26. The number of carboxylic acids is 1. The van der Waals surface area contributed by atoms with Crippen LogP contribution in [0.25, 0.3) is 11.4 Å². The average Bonchev–Trinajstić information content (AvgIpc) is 3.02. The number of rotatable bonds is 4. The molecule has 32 heavy (non-hydrogen) atoms. The lowest BCUT2D eigenvalue weighted by Crippen LogP contribution is -2.44. The SMILES string of the molecule is CN1CCN(c2ccc(Nc3ncc4c(n3)-c3nn(C)c(C(=O)O)c3CCC4)cc2)CC1. The number of benzene rings is 1. The summed E-state index contributed by atoms with van der Waals surface area (Å²) in [6.07, 6.45) is 4.13. The van der Waals surface area contributed by atoms with Crippen LogP contribution in [0.15, 0.2) is 30.5 Å². The van der Waals surface area contributed by atoms with E-state index in [2.05, 4.69) is 44.4 Å². The molecule has 1 saturated heterocycles. The molecule has 0 unspecified atom stereocenters. The molecule has 1 fully saturated rings. The standard InChI is InChI=1S/C23H27N7O2/c1-28-10-12-30(13-11-28)17-8-6-16(7-9-17)25-23-24-14-15-4-3-5-18-20(19(15)26-23)27-29(2)21(18)22(31)32/h6-9,14H,3-5,10-13H2,1-2H3,(H,31,32)(H,24,25,26). The zero-order valence-electron chi connectivity index (χ0n) is 18.4. The van der Waals surface area contributed by atoms with E-state index < -0.39 is 5.97 Å². The highest BCUT2D eigenvalue weighted by atomic mass is 16.4. The van der Waals surface area contributed by atoms with Crippen LogP contribution in [0.1, 0.15) is 28.0 Å². The molecule has 5 rings (SSSR count). The van der Waals surface area contributed by atoms with Crippen molar-refractivity contribution in [3.8, 4) is 11.4 Å². The number of aryl methyl sites for hydroxylation is 2. The summed E-state index contributed by atoms with van der Waals surface area (Å²) < 4.78 is 1.44. The van der Waals surface area contributed by atoms with Crippen molar-refractivity contribution in [1.82, 2.24) is 24.6 Å². The molecule has 3 heterocycles. The first-order valence-corrected chi connectivity index (χ1v) is 11.0. The van der Waals surface area contributed by atoms with Gasteiger partial charge in [0, 0.05) is 56.4 Å². The Balaban J connectivity index is 1.40. The molecule has 2 aliphatic rings. The van der Waals surface area contributed by atoms with Crippen molar-refractivity contribution >= 4 is 23.3 Å². The van der Waals surface area contributed by atoms with Crippen molar-refractivity contribution < 1.29 is 9.90 Å². The van der Waals surface area contributed by atoms with Crippen molar-refractivity contribution in [2.24, 2.45) is 7.05 Å². The Labute approximate surface area is 186 Å². The zero-order valence-corrected chi connectivity index (χ0v) is 18.4. The van der Waals surface area contributed by atoms with Crippen LogP contribution in [0.5, 0.6) is 0 Å². The third-order valence-corrected chi connectivity index (χ3v) is 6.30. The lowest BCUT2D eigenvalue weighted by atomic mass is 10.1. The zero-order chi connectivity index (χ0) is 22.2. The fourth-order valence-electron chi connectivity index (χ4n) is 4.52. The largest absolute Gasteiger partial charge is 0.477 e. The quantitative estimate of drug-likeness (QED) is 0.648. The van der Waals surface area contributed by atoms with Gasteiger partial charge in [0.05, 0.1) is 5.69 Å². The maximum atomic E-state index is 11.7. The maximum Gasteiger partial charge on any atom is 0.354 e. The van der Waals surface area contributed by atoms with Crippen LogP contribution in [-0.4, -0.2) is 69.0 Å². The molecule has 2 N–H and O–H groups in total. The Hall–Kier alpha value is -3.46. The summed E-state index contributed by atoms with van der Waals surface area (Å²) in [6.45, 7) is 4.20. The Morgan fingerprint density at radius 2 is 1.78 bits per heavy atom. The van der Waals surface area contributed by atoms with Gasteiger partial charge in [-0.15, -0.1) is 0 Å². The van der Waals surface area contributed by atoms with E-state index in [1.165, 1.54) is 10.4 Å². The summed E-state index contributed by atoms with van der Waals surface area (Å²) in [5.74, 6) is -0.482. The minimum Gasteiger partial charge on any atom is -0.477 e. The molecule has 1 aromatic carbocycles. The van der Waals surface area contributed by atoms with E-state index in [0.29, 0.717) is 23.8 Å². The van der Waals surface area contributed by atoms with Gasteiger partial charge in [-0.2, -0.15) is 5.10 Å². The maximum absolute atomic E-state index is 11.7. The van der Waals surface area contributed by atoms with E-state index in [1.807, 2.05) is 18.3 Å². The number of piperazine rings is 1. The molecule has 0 atom stereocenters. The fourth-order valence-corrected chi connectivity index (χ4v) is 4.52. The summed E-state index contributed by atoms with van der Waals surface area (Å²) in [6, 6.07) is 8.31. The molecule has 9 nitrogen and oxygen atoms in total. The molecule has 2 aromatic heterocycles. The second-order valence-corrected chi connectivity index (χ2v) is 8.49. The van der Waals surface area contributed by atoms with E-state index in [1.54, 1.807) is 7.05 Å². The number of carbonyl (C=O) groups is 1. The number of anilines is 3. The lowest BCUT2D eigenvalue weighted by molar-refractivity contribution is 0.0683. The van der Waals surface area contributed by atoms with Crippen LogP contribution >= 0.6 is 0 Å². The monoisotopic (exact) mass is 433 g/mol. The molecular formula is C23H27N7O2. The van der Waals surface area contributed by atoms with Gasteiger partial charge in [-0.25, -0.2) is 14.8 Å². The molecule has 0 bridgehead atoms. The highest BCUT2D eigenvalue weighted by molar-refractivity contribution is 5.90. The smallest absolute Gasteiger partial charge is 0.354 e. The summed E-state index contributed by atoms with van der Waals surface area (Å²) in [5, 5.41) is 17.4. The van der Waals surface area contributed by atoms with E-state index in [4.69, 9.17) is 4.98 Å². The molecule has 166 valence electrons. The van der Waals surface area contributed by atoms with Crippen molar-refractivity contribution in [1.29, 1.82) is 0 Å². The number of hydrogen-bond acceptors (Lipinski definition) is 7. The Morgan fingerprint density at radius 3 is 2.50 bits per heavy atom. The van der Waals surface area contributed by atoms with Crippen molar-refractivity contribution in [3.05, 3.63) is 47.3 Å². The minimum absolute atomic E-state index is 0.237. The summed E-state index contributed by atoms with van der Waals surface area (Å²) in [4.78, 5) is 25.7. The predicted molar refractivity (Wildman–Crippen MR) is 123 cm³/mol. The van der Waals surface area contributed by atoms with Crippen LogP contribution in [0.2, 0.25) is 0 Å². The molecule has 1 aliphatic carbocycles. The Morgan fingerprint density at radius 1 is 1.03 bits per heavy atom. The van der Waals surface area contributed by atoms with Gasteiger partial charge in [0.2, 0.25) is 5.95 Å². The van der Waals surface area contributed by atoms with Crippen LogP contribution < -0.4 is 10.2 Å². The third-order valence-electron chi connectivity index (χ3n) is 6.30. The van der Waals surface area contributed by atoms with Crippen LogP contribution in [0, 0.1) is 0 Å². The molecule has 0 saturated carbocycles. The number of carboxylic acid groups (broad SMARTS) is 1. The van der Waals surface area contributed by atoms with Gasteiger partial charge in [-0.3, -0.25) is 4.68 Å². The van der Waals surface area contributed by atoms with E-state index >= 15 is 0 Å². The molecule has 0 amide bonds. The molecule has 9 heteroatoms. The van der Waals surface area contributed by atoms with E-state index in [-0.39, 0.29) is 5.69 Å². The van der Waals surface area contributed by atoms with Crippen molar-refractivity contribution in [2.45, 2.75) is 19.3 Å². The fraction of sp³-hybridized carbons (Fsp3) is 0.391. The van der Waals surface area contributed by atoms with Crippen molar-refractivity contribution in [3.63, 3.8) is 0 Å². The first-order chi connectivity index (χ1) is 15.5. The van der Waals surface area contributed by atoms with Crippen LogP contribution in [0.3, 0.4) is 0 Å². The average molecular weight is 434 g/mol. The van der Waals surface area contributed by atoms with Gasteiger partial charge < -0.3 is 20.2 Å². The van der Waals surface area contributed by atoms with Crippen molar-refractivity contribution in [2.75, 3.05) is 43.4 Å². The first kappa shape index (κ1) is 20.4. The second-order valence-electron chi connectivity index (χ2n) is 8.49. The summed E-state index contributed by atoms with van der Waals surface area (Å²) in [7, 11) is 3.82. The van der Waals surface area contributed by atoms with Gasteiger partial charge in [0.15, 0.2) is 0 Å². The number of hydrogen-bond donors (Lipinski definition) is 2. The molecule has 1 aliphatic heterocycles. The number of likely N-dealkylation sites (N-methyl/N-ethyl adjacent to an activating group) is 1. The number of nitrogens with one attached hydrogen (secondary N) is 1. The normalized spacial score (nSPS) is 16.2. The number of aromatic carboxylic acids is 1. The summed E-state index contributed by atoms with van der Waals surface area (Å²) >= 11 is 0.